The normalized spacial score (nSPS) is 14.2. The molecule has 210 valence electrons. The van der Waals surface area contributed by atoms with Crippen LogP contribution in [0.15, 0.2) is 97.1 Å². The second-order valence-electron chi connectivity index (χ2n) is 10.8. The molecule has 0 saturated heterocycles. The number of methoxy groups -OCH3 is 1. The lowest BCUT2D eigenvalue weighted by molar-refractivity contribution is -0.133. The SMILES string of the molecule is COc1ccc(C2(c3ccc(OC(=O)Cc4ccc(Oc5ccc(CC(C)=O)cc5)cc4)cc3)CCCCC2)cc1. The van der Waals surface area contributed by atoms with Gasteiger partial charge >= 0.3 is 5.97 Å². The Hall–Kier alpha value is -4.38. The van der Waals surface area contributed by atoms with E-state index in [0.717, 1.165) is 29.7 Å². The summed E-state index contributed by atoms with van der Waals surface area (Å²) in [6, 6.07) is 31.4. The molecule has 0 aliphatic heterocycles. The van der Waals surface area contributed by atoms with Crippen LogP contribution in [0, 0.1) is 0 Å². The molecule has 0 aromatic heterocycles. The fourth-order valence-electron chi connectivity index (χ4n) is 5.76. The van der Waals surface area contributed by atoms with Gasteiger partial charge in [-0.25, -0.2) is 0 Å². The molecule has 5 rings (SSSR count). The molecular weight excluding hydrogens is 512 g/mol. The van der Waals surface area contributed by atoms with E-state index in [-0.39, 0.29) is 23.6 Å². The second-order valence-corrected chi connectivity index (χ2v) is 10.8. The van der Waals surface area contributed by atoms with E-state index in [1.165, 1.54) is 30.4 Å². The number of hydrogen-bond acceptors (Lipinski definition) is 5. The maximum Gasteiger partial charge on any atom is 0.315 e. The topological polar surface area (TPSA) is 61.8 Å². The van der Waals surface area contributed by atoms with E-state index in [0.29, 0.717) is 23.7 Å². The lowest BCUT2D eigenvalue weighted by Gasteiger charge is -2.38. The van der Waals surface area contributed by atoms with Crippen molar-refractivity contribution >= 4 is 11.8 Å². The predicted octanol–water partition coefficient (Wildman–Crippen LogP) is 8.02. The molecule has 1 saturated carbocycles. The van der Waals surface area contributed by atoms with Crippen LogP contribution in [-0.4, -0.2) is 18.9 Å². The van der Waals surface area contributed by atoms with E-state index in [1.807, 2.05) is 72.8 Å². The average Bonchev–Trinajstić information content (AvgIpc) is 2.99. The Balaban J connectivity index is 1.19. The summed E-state index contributed by atoms with van der Waals surface area (Å²) in [5.74, 6) is 2.59. The van der Waals surface area contributed by atoms with Gasteiger partial charge in [-0.15, -0.1) is 0 Å². The second kappa shape index (κ2) is 12.9. The zero-order valence-corrected chi connectivity index (χ0v) is 23.7. The Morgan fingerprint density at radius 3 is 1.56 bits per heavy atom. The van der Waals surface area contributed by atoms with Gasteiger partial charge in [-0.1, -0.05) is 67.8 Å². The third-order valence-corrected chi connectivity index (χ3v) is 7.87. The molecule has 1 fully saturated rings. The number of carbonyl (C=O) groups excluding carboxylic acids is 2. The maximum atomic E-state index is 12.7. The number of esters is 1. The average molecular weight is 549 g/mol. The molecule has 0 atom stereocenters. The van der Waals surface area contributed by atoms with Crippen LogP contribution < -0.4 is 14.2 Å². The summed E-state index contributed by atoms with van der Waals surface area (Å²) < 4.78 is 17.0. The zero-order valence-electron chi connectivity index (χ0n) is 23.7. The fraction of sp³-hybridized carbons (Fsp3) is 0.278. The number of ketones is 1. The molecule has 1 aliphatic carbocycles. The Bertz CT molecular complexity index is 1450. The van der Waals surface area contributed by atoms with E-state index >= 15 is 0 Å². The van der Waals surface area contributed by atoms with Crippen LogP contribution in [0.1, 0.15) is 61.3 Å². The highest BCUT2D eigenvalue weighted by Crippen LogP contribution is 2.45. The van der Waals surface area contributed by atoms with Gasteiger partial charge in [0, 0.05) is 11.8 Å². The van der Waals surface area contributed by atoms with Gasteiger partial charge in [0.25, 0.3) is 0 Å². The summed E-state index contributed by atoms with van der Waals surface area (Å²) in [5, 5.41) is 0. The Labute approximate surface area is 242 Å². The van der Waals surface area contributed by atoms with Crippen molar-refractivity contribution in [2.75, 3.05) is 7.11 Å². The first kappa shape index (κ1) is 28.2. The molecule has 41 heavy (non-hydrogen) atoms. The molecule has 4 aromatic carbocycles. The van der Waals surface area contributed by atoms with Gasteiger partial charge in [-0.2, -0.15) is 0 Å². The Morgan fingerprint density at radius 2 is 1.07 bits per heavy atom. The van der Waals surface area contributed by atoms with Crippen molar-refractivity contribution in [2.45, 2.75) is 57.3 Å². The predicted molar refractivity (Wildman–Crippen MR) is 160 cm³/mol. The number of rotatable bonds is 10. The minimum absolute atomic E-state index is 0.0343. The van der Waals surface area contributed by atoms with Gasteiger partial charge in [0.05, 0.1) is 13.5 Å². The highest BCUT2D eigenvalue weighted by Gasteiger charge is 2.35. The van der Waals surface area contributed by atoms with Crippen molar-refractivity contribution in [2.24, 2.45) is 0 Å². The lowest BCUT2D eigenvalue weighted by atomic mass is 9.65. The van der Waals surface area contributed by atoms with Crippen molar-refractivity contribution < 1.29 is 23.8 Å². The highest BCUT2D eigenvalue weighted by molar-refractivity contribution is 5.78. The van der Waals surface area contributed by atoms with Crippen molar-refractivity contribution in [3.8, 4) is 23.0 Å². The van der Waals surface area contributed by atoms with Gasteiger partial charge in [-0.05, 0) is 90.6 Å². The number of carbonyl (C=O) groups is 2. The van der Waals surface area contributed by atoms with E-state index in [4.69, 9.17) is 14.2 Å². The third kappa shape index (κ3) is 7.04. The first-order valence-electron chi connectivity index (χ1n) is 14.2. The molecule has 0 radical (unpaired) electrons. The molecule has 0 spiro atoms. The van der Waals surface area contributed by atoms with E-state index < -0.39 is 0 Å². The number of benzene rings is 4. The molecule has 5 heteroatoms. The van der Waals surface area contributed by atoms with Crippen LogP contribution >= 0.6 is 0 Å². The smallest absolute Gasteiger partial charge is 0.315 e. The van der Waals surface area contributed by atoms with E-state index in [1.54, 1.807) is 14.0 Å². The van der Waals surface area contributed by atoms with Gasteiger partial charge < -0.3 is 14.2 Å². The van der Waals surface area contributed by atoms with Crippen LogP contribution in [0.5, 0.6) is 23.0 Å². The quantitative estimate of drug-likeness (QED) is 0.148. The van der Waals surface area contributed by atoms with Gasteiger partial charge in [-0.3, -0.25) is 9.59 Å². The monoisotopic (exact) mass is 548 g/mol. The standard InChI is InChI=1S/C36H36O5/c1-26(37)24-27-6-14-32(15-7-27)40-33-16-8-28(9-17-33)25-35(38)41-34-20-12-30(13-21-34)36(22-4-3-5-23-36)29-10-18-31(39-2)19-11-29/h6-21H,3-5,22-25H2,1-2H3. The van der Waals surface area contributed by atoms with Gasteiger partial charge in [0.15, 0.2) is 0 Å². The fourth-order valence-corrected chi connectivity index (χ4v) is 5.76. The molecule has 5 nitrogen and oxygen atoms in total. The number of ether oxygens (including phenoxy) is 3. The van der Waals surface area contributed by atoms with Crippen LogP contribution in [-0.2, 0) is 27.8 Å². The molecular formula is C36H36O5. The Kier molecular flexibility index (Phi) is 8.83. The summed E-state index contributed by atoms with van der Waals surface area (Å²) in [4.78, 5) is 24.0. The number of hydrogen-bond donors (Lipinski definition) is 0. The van der Waals surface area contributed by atoms with Crippen LogP contribution in [0.4, 0.5) is 0 Å². The van der Waals surface area contributed by atoms with E-state index in [9.17, 15) is 9.59 Å². The molecule has 0 unspecified atom stereocenters. The van der Waals surface area contributed by atoms with Crippen molar-refractivity contribution in [3.63, 3.8) is 0 Å². The first-order valence-corrected chi connectivity index (χ1v) is 14.2. The molecule has 0 bridgehead atoms. The van der Waals surface area contributed by atoms with Crippen molar-refractivity contribution in [3.05, 3.63) is 119 Å². The summed E-state index contributed by atoms with van der Waals surface area (Å²) in [5.41, 5.74) is 4.33. The van der Waals surface area contributed by atoms with Gasteiger partial charge in [0.2, 0.25) is 0 Å². The highest BCUT2D eigenvalue weighted by atomic mass is 16.5. The minimum atomic E-state index is -0.310. The van der Waals surface area contributed by atoms with Crippen LogP contribution in [0.3, 0.4) is 0 Å². The van der Waals surface area contributed by atoms with Crippen molar-refractivity contribution in [1.29, 1.82) is 0 Å². The van der Waals surface area contributed by atoms with Crippen molar-refractivity contribution in [1.82, 2.24) is 0 Å². The third-order valence-electron chi connectivity index (χ3n) is 7.87. The van der Waals surface area contributed by atoms with Crippen LogP contribution in [0.25, 0.3) is 0 Å². The molecule has 0 amide bonds. The molecule has 0 heterocycles. The summed E-state index contributed by atoms with van der Waals surface area (Å²) >= 11 is 0. The van der Waals surface area contributed by atoms with E-state index in [2.05, 4.69) is 24.3 Å². The molecule has 0 N–H and O–H groups in total. The Morgan fingerprint density at radius 1 is 0.610 bits per heavy atom. The first-order chi connectivity index (χ1) is 19.9. The minimum Gasteiger partial charge on any atom is -0.497 e. The number of Topliss-reactive ketones (excluding diaryl/α,β-unsaturated/α-hetero) is 1. The van der Waals surface area contributed by atoms with Crippen LogP contribution in [0.2, 0.25) is 0 Å². The summed E-state index contributed by atoms with van der Waals surface area (Å²) in [6.45, 7) is 1.58. The summed E-state index contributed by atoms with van der Waals surface area (Å²) in [6.07, 6.45) is 6.43. The molecule has 4 aromatic rings. The maximum absolute atomic E-state index is 12.7. The largest absolute Gasteiger partial charge is 0.497 e. The van der Waals surface area contributed by atoms with Gasteiger partial charge in [0.1, 0.15) is 28.8 Å². The zero-order chi connectivity index (χ0) is 28.7. The molecule has 1 aliphatic rings. The summed E-state index contributed by atoms with van der Waals surface area (Å²) in [7, 11) is 1.69. The lowest BCUT2D eigenvalue weighted by Crippen LogP contribution is -2.30.